The summed E-state index contributed by atoms with van der Waals surface area (Å²) in [5, 5.41) is 0. The van der Waals surface area contributed by atoms with E-state index in [1.165, 1.54) is 14.7 Å². The first-order valence-electron chi connectivity index (χ1n) is 16.4. The molecule has 0 aliphatic carbocycles. The summed E-state index contributed by atoms with van der Waals surface area (Å²) in [6, 6.07) is 31.9. The van der Waals surface area contributed by atoms with Gasteiger partial charge in [-0.15, -0.1) is 0 Å². The van der Waals surface area contributed by atoms with Crippen LogP contribution in [0.15, 0.2) is 130 Å². The molecule has 0 radical (unpaired) electrons. The van der Waals surface area contributed by atoms with Crippen LogP contribution in [0.2, 0.25) is 0 Å². The highest BCUT2D eigenvalue weighted by Gasteiger charge is 2.28. The van der Waals surface area contributed by atoms with Gasteiger partial charge in [0.05, 0.1) is 10.9 Å². The van der Waals surface area contributed by atoms with E-state index in [2.05, 4.69) is 91.0 Å². The second-order valence-electron chi connectivity index (χ2n) is 11.4. The van der Waals surface area contributed by atoms with Gasteiger partial charge < -0.3 is 0 Å². The van der Waals surface area contributed by atoms with E-state index < -0.39 is 116 Å². The third kappa shape index (κ3) is 13.2. The van der Waals surface area contributed by atoms with Gasteiger partial charge in [-0.05, 0) is 36.4 Å². The first-order valence-corrected chi connectivity index (χ1v) is 17.7. The highest BCUT2D eigenvalue weighted by atomic mass is 32.2. The van der Waals surface area contributed by atoms with Crippen LogP contribution in [-0.4, -0.2) is 0 Å². The lowest BCUT2D eigenvalue weighted by atomic mass is 10.3. The molecule has 0 aliphatic rings. The van der Waals surface area contributed by atoms with Crippen LogP contribution < -0.4 is 0 Å². The van der Waals surface area contributed by atoms with Crippen LogP contribution >= 0.6 is 0 Å². The lowest BCUT2D eigenvalue weighted by molar-refractivity contribution is 0.378. The smallest absolute Gasteiger partial charge is 0.200 e. The predicted molar refractivity (Wildman–Crippen MR) is 186 cm³/mol. The Labute approximate surface area is 344 Å². The Hall–Kier alpha value is -6.51. The average molecular weight is 936 g/mol. The summed E-state index contributed by atoms with van der Waals surface area (Å²) in [6.07, 6.45) is 0. The number of rotatable bonds is 3. The number of hydrogen-bond acceptors (Lipinski definition) is 0. The van der Waals surface area contributed by atoms with Gasteiger partial charge in [0, 0.05) is 24.3 Å². The topological polar surface area (TPSA) is 0 Å². The molecule has 0 heterocycles. The van der Waals surface area contributed by atoms with Crippen LogP contribution in [0.5, 0.6) is 0 Å². The molecule has 7 aromatic carbocycles. The van der Waals surface area contributed by atoms with Gasteiger partial charge in [-0.1, -0.05) is 54.6 Å². The van der Waals surface area contributed by atoms with Crippen LogP contribution in [0.1, 0.15) is 0 Å². The van der Waals surface area contributed by atoms with Gasteiger partial charge in [-0.25, -0.2) is 87.8 Å². The molecule has 0 aromatic heterocycles. The number of halogens is 20. The predicted octanol–water partition coefficient (Wildman–Crippen LogP) is 14.3. The fraction of sp³-hybridized carbons (Fsp3) is 0. The van der Waals surface area contributed by atoms with Crippen LogP contribution in [0.3, 0.4) is 0 Å². The lowest BCUT2D eigenvalue weighted by Crippen LogP contribution is -2.04. The summed E-state index contributed by atoms with van der Waals surface area (Å²) in [6.45, 7) is 0. The molecule has 21 heteroatoms. The van der Waals surface area contributed by atoms with E-state index in [1.807, 2.05) is 0 Å². The molecule has 0 saturated carbocycles. The standard InChI is InChI=1S/C18H15S.4C6HF5/c1-4-10-16(11-5-1)19(17-12-6-2-7-13-17)18-14-8-3-9-15-18;4*7-2-1-3(8)5(10)6(11)4(2)9/h1-15H;4*1H/q+1;;;;. The molecule has 0 nitrogen and oxygen atoms in total. The molecule has 0 N–H and O–H groups in total. The highest BCUT2D eigenvalue weighted by molar-refractivity contribution is 7.97. The summed E-state index contributed by atoms with van der Waals surface area (Å²) in [4.78, 5) is 4.08. The van der Waals surface area contributed by atoms with Gasteiger partial charge in [-0.3, -0.25) is 0 Å². The van der Waals surface area contributed by atoms with E-state index in [9.17, 15) is 87.8 Å². The summed E-state index contributed by atoms with van der Waals surface area (Å²) in [5.74, 6) is -38.6. The molecule has 0 saturated heterocycles. The van der Waals surface area contributed by atoms with E-state index >= 15 is 0 Å². The van der Waals surface area contributed by atoms with E-state index in [-0.39, 0.29) is 35.2 Å². The molecular weight excluding hydrogens is 916 g/mol. The fourth-order valence-electron chi connectivity index (χ4n) is 4.25. The number of hydrogen-bond donors (Lipinski definition) is 0. The quantitative estimate of drug-likeness (QED) is 0.0717. The molecule has 63 heavy (non-hydrogen) atoms. The minimum atomic E-state index is -2.14. The van der Waals surface area contributed by atoms with Crippen LogP contribution in [0, 0.1) is 116 Å². The summed E-state index contributed by atoms with van der Waals surface area (Å²) >= 11 is 0. The van der Waals surface area contributed by atoms with Gasteiger partial charge in [0.2, 0.25) is 23.3 Å². The summed E-state index contributed by atoms with van der Waals surface area (Å²) in [7, 11) is -0.0146. The van der Waals surface area contributed by atoms with Crippen molar-refractivity contribution in [2.75, 3.05) is 0 Å². The Balaban J connectivity index is 0.000000215. The zero-order chi connectivity index (χ0) is 47.3. The van der Waals surface area contributed by atoms with Gasteiger partial charge in [0.15, 0.2) is 108 Å². The summed E-state index contributed by atoms with van der Waals surface area (Å²) < 4.78 is 240. The van der Waals surface area contributed by atoms with Crippen molar-refractivity contribution in [3.05, 3.63) is 232 Å². The molecule has 0 spiro atoms. The highest BCUT2D eigenvalue weighted by Crippen LogP contribution is 2.30. The second-order valence-corrected chi connectivity index (χ2v) is 13.4. The van der Waals surface area contributed by atoms with E-state index in [1.54, 1.807) is 0 Å². The second kappa shape index (κ2) is 23.1. The molecule has 0 amide bonds. The van der Waals surface area contributed by atoms with Crippen molar-refractivity contribution in [3.8, 4) is 0 Å². The van der Waals surface area contributed by atoms with Gasteiger partial charge in [-0.2, -0.15) is 0 Å². The molecule has 0 aliphatic heterocycles. The maximum atomic E-state index is 12.0. The molecule has 332 valence electrons. The third-order valence-corrected chi connectivity index (χ3v) is 9.40. The zero-order valence-electron chi connectivity index (χ0n) is 30.4. The minimum Gasteiger partial charge on any atom is -0.204 e. The third-order valence-electron chi connectivity index (χ3n) is 7.17. The maximum absolute atomic E-state index is 12.0. The molecule has 0 bridgehead atoms. The lowest BCUT2D eigenvalue weighted by Gasteiger charge is -2.07. The Morgan fingerprint density at radius 3 is 0.476 bits per heavy atom. The Bertz CT molecular complexity index is 2180. The first-order chi connectivity index (χ1) is 29.6. The molecular formula is C42H19F20S+. The zero-order valence-corrected chi connectivity index (χ0v) is 31.3. The molecule has 0 atom stereocenters. The van der Waals surface area contributed by atoms with E-state index in [4.69, 9.17) is 0 Å². The molecule has 0 fully saturated rings. The first kappa shape index (κ1) is 50.8. The molecule has 7 aromatic rings. The van der Waals surface area contributed by atoms with Crippen molar-refractivity contribution < 1.29 is 87.8 Å². The van der Waals surface area contributed by atoms with Gasteiger partial charge in [0.1, 0.15) is 0 Å². The van der Waals surface area contributed by atoms with E-state index in [0.29, 0.717) is 0 Å². The number of benzene rings is 7. The summed E-state index contributed by atoms with van der Waals surface area (Å²) in [5.41, 5.74) is 0. The van der Waals surface area contributed by atoms with Crippen molar-refractivity contribution in [3.63, 3.8) is 0 Å². The molecule has 7 rings (SSSR count). The van der Waals surface area contributed by atoms with Crippen molar-refractivity contribution >= 4 is 10.9 Å². The Kier molecular flexibility index (Phi) is 18.6. The Morgan fingerprint density at radius 1 is 0.190 bits per heavy atom. The van der Waals surface area contributed by atoms with Crippen LogP contribution in [0.25, 0.3) is 0 Å². The monoisotopic (exact) mass is 935 g/mol. The van der Waals surface area contributed by atoms with E-state index in [0.717, 1.165) is 0 Å². The van der Waals surface area contributed by atoms with Crippen molar-refractivity contribution in [2.24, 2.45) is 0 Å². The van der Waals surface area contributed by atoms with Crippen molar-refractivity contribution in [1.29, 1.82) is 0 Å². The SMILES string of the molecule is Fc1cc(F)c(F)c(F)c1F.Fc1cc(F)c(F)c(F)c1F.Fc1cc(F)c(F)c(F)c1F.Fc1cc(F)c(F)c(F)c1F.c1ccc([S+](c2ccccc2)c2ccccc2)cc1. The normalized spacial score (nSPS) is 10.4. The Morgan fingerprint density at radius 2 is 0.333 bits per heavy atom. The van der Waals surface area contributed by atoms with Gasteiger partial charge >= 0.3 is 0 Å². The maximum Gasteiger partial charge on any atom is 0.200 e. The van der Waals surface area contributed by atoms with Gasteiger partial charge in [0.25, 0.3) is 0 Å². The van der Waals surface area contributed by atoms with Crippen LogP contribution in [-0.2, 0) is 10.9 Å². The van der Waals surface area contributed by atoms with Crippen molar-refractivity contribution in [1.82, 2.24) is 0 Å². The van der Waals surface area contributed by atoms with Crippen molar-refractivity contribution in [2.45, 2.75) is 14.7 Å². The minimum absolute atomic E-state index is 0.0146. The van der Waals surface area contributed by atoms with Crippen LogP contribution in [0.4, 0.5) is 87.8 Å². The average Bonchev–Trinajstić information content (AvgIpc) is 3.28. The largest absolute Gasteiger partial charge is 0.204 e. The molecule has 0 unspecified atom stereocenters. The fourth-order valence-corrected chi connectivity index (χ4v) is 6.36.